The monoisotopic (exact) mass is 430 g/mol. The number of hydrogen-bond donors (Lipinski definition) is 1. The fraction of sp³-hybridized carbons (Fsp3) is 0.318. The Hall–Kier alpha value is -3.00. The third-order valence-electron chi connectivity index (χ3n) is 5.20. The van der Waals surface area contributed by atoms with Crippen molar-refractivity contribution in [1.29, 1.82) is 0 Å². The molecule has 3 rings (SSSR count). The Kier molecular flexibility index (Phi) is 6.07. The number of nitrogens with one attached hydrogen (secondary N) is 1. The van der Waals surface area contributed by atoms with Crippen molar-refractivity contribution < 1.29 is 22.7 Å². The van der Waals surface area contributed by atoms with Crippen molar-refractivity contribution >= 4 is 27.2 Å². The van der Waals surface area contributed by atoms with Gasteiger partial charge in [0.25, 0.3) is 15.9 Å². The lowest BCUT2D eigenvalue weighted by atomic mass is 10.0. The van der Waals surface area contributed by atoms with Crippen molar-refractivity contribution in [2.45, 2.75) is 26.8 Å². The van der Waals surface area contributed by atoms with Gasteiger partial charge in [-0.2, -0.15) is 0 Å². The number of fused-ring (bicyclic) bond motifs is 1. The van der Waals surface area contributed by atoms with E-state index in [1.807, 2.05) is 37.3 Å². The number of methoxy groups -OCH3 is 2. The highest BCUT2D eigenvalue weighted by Gasteiger charge is 2.40. The second-order valence-corrected chi connectivity index (χ2v) is 8.75. The highest BCUT2D eigenvalue weighted by atomic mass is 32.2. The van der Waals surface area contributed by atoms with Crippen molar-refractivity contribution in [3.05, 3.63) is 58.5 Å². The zero-order valence-electron chi connectivity index (χ0n) is 17.7. The Labute approximate surface area is 177 Å². The fourth-order valence-corrected chi connectivity index (χ4v) is 5.41. The molecule has 7 nitrogen and oxygen atoms in total. The molecule has 8 heteroatoms. The van der Waals surface area contributed by atoms with Gasteiger partial charge >= 0.3 is 0 Å². The molecule has 0 spiro atoms. The Morgan fingerprint density at radius 1 is 1.10 bits per heavy atom. The number of rotatable bonds is 6. The minimum absolute atomic E-state index is 0.170. The zero-order chi connectivity index (χ0) is 22.1. The van der Waals surface area contributed by atoms with Gasteiger partial charge in [-0.1, -0.05) is 30.3 Å². The molecular formula is C22H26N2O5S. The Morgan fingerprint density at radius 2 is 1.70 bits per heavy atom. The normalized spacial score (nSPS) is 16.0. The largest absolute Gasteiger partial charge is 0.493 e. The number of ether oxygens (including phenoxy) is 2. The summed E-state index contributed by atoms with van der Waals surface area (Å²) < 4.78 is 38.7. The maximum absolute atomic E-state index is 13.4. The fourth-order valence-electron chi connectivity index (χ4n) is 3.65. The number of anilines is 1. The summed E-state index contributed by atoms with van der Waals surface area (Å²) in [4.78, 5) is 12.9. The Balaban J connectivity index is 2.12. The van der Waals surface area contributed by atoms with E-state index in [0.29, 0.717) is 28.3 Å². The van der Waals surface area contributed by atoms with Crippen molar-refractivity contribution in [1.82, 2.24) is 5.32 Å². The third kappa shape index (κ3) is 3.63. The van der Waals surface area contributed by atoms with Crippen molar-refractivity contribution in [3.8, 4) is 11.5 Å². The van der Waals surface area contributed by atoms with Gasteiger partial charge in [0.05, 0.1) is 25.9 Å². The Morgan fingerprint density at radius 3 is 2.27 bits per heavy atom. The van der Waals surface area contributed by atoms with Crippen LogP contribution < -0.4 is 19.1 Å². The van der Waals surface area contributed by atoms with Crippen LogP contribution in [-0.2, 0) is 14.8 Å². The second-order valence-electron chi connectivity index (χ2n) is 6.95. The van der Waals surface area contributed by atoms with Gasteiger partial charge in [0.2, 0.25) is 0 Å². The van der Waals surface area contributed by atoms with Gasteiger partial charge in [0.15, 0.2) is 16.4 Å². The van der Waals surface area contributed by atoms with Crippen LogP contribution in [0.5, 0.6) is 11.5 Å². The molecule has 1 N–H and O–H groups in total. The molecule has 2 aromatic carbocycles. The first-order valence-electron chi connectivity index (χ1n) is 9.62. The molecule has 0 saturated carbocycles. The standard InChI is InChI=1S/C22H26N2O5S/c1-6-24-18-13-20(29-5)19(28-4)12-17(18)14(2)21(30(24,26)27)22(25)23-15(3)16-10-8-7-9-11-16/h7-13,15H,6H2,1-5H3,(H,23,25)/t15-/m1/s1. The minimum Gasteiger partial charge on any atom is -0.493 e. The summed E-state index contributed by atoms with van der Waals surface area (Å²) in [6, 6.07) is 12.4. The maximum Gasteiger partial charge on any atom is 0.270 e. The molecule has 0 unspecified atom stereocenters. The molecular weight excluding hydrogens is 404 g/mol. The SMILES string of the molecule is CCN1c2cc(OC)c(OC)cc2C(C)=C(C(=O)N[C@H](C)c2ccccc2)S1(=O)=O. The van der Waals surface area contributed by atoms with E-state index in [-0.39, 0.29) is 17.5 Å². The number of sulfonamides is 1. The number of nitrogens with zero attached hydrogens (tertiary/aromatic N) is 1. The predicted molar refractivity (Wildman–Crippen MR) is 117 cm³/mol. The van der Waals surface area contributed by atoms with Gasteiger partial charge < -0.3 is 14.8 Å². The van der Waals surface area contributed by atoms with Crippen LogP contribution in [0.15, 0.2) is 47.4 Å². The van der Waals surface area contributed by atoms with Gasteiger partial charge in [0.1, 0.15) is 0 Å². The summed E-state index contributed by atoms with van der Waals surface area (Å²) in [5.74, 6) is 0.245. The number of carbonyl (C=O) groups excluding carboxylic acids is 1. The predicted octanol–water partition coefficient (Wildman–Crippen LogP) is 3.48. The number of hydrogen-bond acceptors (Lipinski definition) is 5. The molecule has 0 fully saturated rings. The van der Waals surface area contributed by atoms with Crippen LogP contribution >= 0.6 is 0 Å². The summed E-state index contributed by atoms with van der Waals surface area (Å²) >= 11 is 0. The smallest absolute Gasteiger partial charge is 0.270 e. The van der Waals surface area contributed by atoms with E-state index in [0.717, 1.165) is 5.56 Å². The average Bonchev–Trinajstić information content (AvgIpc) is 2.73. The summed E-state index contributed by atoms with van der Waals surface area (Å²) in [5, 5.41) is 2.82. The number of amides is 1. The molecule has 30 heavy (non-hydrogen) atoms. The van der Waals surface area contributed by atoms with Crippen LogP contribution in [0, 0.1) is 0 Å². The maximum atomic E-state index is 13.4. The van der Waals surface area contributed by atoms with E-state index >= 15 is 0 Å². The van der Waals surface area contributed by atoms with Crippen molar-refractivity contribution in [2.24, 2.45) is 0 Å². The van der Waals surface area contributed by atoms with E-state index < -0.39 is 15.9 Å². The average molecular weight is 431 g/mol. The highest BCUT2D eigenvalue weighted by molar-refractivity contribution is 7.97. The van der Waals surface area contributed by atoms with Crippen molar-refractivity contribution in [2.75, 3.05) is 25.1 Å². The van der Waals surface area contributed by atoms with Gasteiger partial charge in [-0.05, 0) is 38.0 Å². The van der Waals surface area contributed by atoms with Gasteiger partial charge in [0, 0.05) is 18.2 Å². The zero-order valence-corrected chi connectivity index (χ0v) is 18.5. The van der Waals surface area contributed by atoms with Crippen LogP contribution in [0.1, 0.15) is 37.9 Å². The molecule has 1 aliphatic rings. The molecule has 1 amide bonds. The summed E-state index contributed by atoms with van der Waals surface area (Å²) in [6.07, 6.45) is 0. The molecule has 0 saturated heterocycles. The van der Waals surface area contributed by atoms with Gasteiger partial charge in [-0.15, -0.1) is 0 Å². The van der Waals surface area contributed by atoms with Gasteiger partial charge in [-0.25, -0.2) is 8.42 Å². The van der Waals surface area contributed by atoms with E-state index in [1.54, 1.807) is 26.0 Å². The Bertz CT molecular complexity index is 1090. The highest BCUT2D eigenvalue weighted by Crippen LogP contribution is 2.44. The van der Waals surface area contributed by atoms with Crippen LogP contribution in [0.4, 0.5) is 5.69 Å². The lowest BCUT2D eigenvalue weighted by molar-refractivity contribution is -0.117. The molecule has 0 aliphatic carbocycles. The quantitative estimate of drug-likeness (QED) is 0.758. The van der Waals surface area contributed by atoms with E-state index in [4.69, 9.17) is 9.47 Å². The number of allylic oxidation sites excluding steroid dienone is 1. The van der Waals surface area contributed by atoms with Crippen LogP contribution in [0.25, 0.3) is 5.57 Å². The summed E-state index contributed by atoms with van der Waals surface area (Å²) in [5.41, 5.74) is 2.33. The molecule has 1 aliphatic heterocycles. The first kappa shape index (κ1) is 21.7. The lowest BCUT2D eigenvalue weighted by Crippen LogP contribution is -2.41. The molecule has 2 aromatic rings. The van der Waals surface area contributed by atoms with Crippen LogP contribution in [0.2, 0.25) is 0 Å². The molecule has 1 atom stereocenters. The first-order chi connectivity index (χ1) is 14.3. The van der Waals surface area contributed by atoms with Crippen molar-refractivity contribution in [3.63, 3.8) is 0 Å². The number of benzene rings is 2. The number of carbonyl (C=O) groups is 1. The van der Waals surface area contributed by atoms with Crippen LogP contribution in [0.3, 0.4) is 0 Å². The molecule has 0 aromatic heterocycles. The molecule has 160 valence electrons. The first-order valence-corrected chi connectivity index (χ1v) is 11.1. The van der Waals surface area contributed by atoms with Gasteiger partial charge in [-0.3, -0.25) is 9.10 Å². The topological polar surface area (TPSA) is 84.9 Å². The molecule has 1 heterocycles. The lowest BCUT2D eigenvalue weighted by Gasteiger charge is -2.32. The van der Waals surface area contributed by atoms with E-state index in [9.17, 15) is 13.2 Å². The van der Waals surface area contributed by atoms with E-state index in [2.05, 4.69) is 5.32 Å². The summed E-state index contributed by atoms with van der Waals surface area (Å²) in [6.45, 7) is 5.35. The minimum atomic E-state index is -4.04. The van der Waals surface area contributed by atoms with Crippen LogP contribution in [-0.4, -0.2) is 35.1 Å². The third-order valence-corrected chi connectivity index (χ3v) is 7.25. The summed E-state index contributed by atoms with van der Waals surface area (Å²) in [7, 11) is -1.04. The van der Waals surface area contributed by atoms with E-state index in [1.165, 1.54) is 18.5 Å². The molecule has 0 radical (unpaired) electrons. The molecule has 0 bridgehead atoms. The second kappa shape index (κ2) is 8.39.